The Balaban J connectivity index is 1.62. The monoisotopic (exact) mass is 404 g/mol. The summed E-state index contributed by atoms with van der Waals surface area (Å²) in [6.45, 7) is -0.0226. The number of hydrogen-bond donors (Lipinski definition) is 3. The van der Waals surface area contributed by atoms with E-state index in [1.54, 1.807) is 72.8 Å². The number of nitrogens with one attached hydrogen (secondary N) is 3. The second-order valence-corrected chi connectivity index (χ2v) is 6.53. The molecule has 0 radical (unpaired) electrons. The van der Waals surface area contributed by atoms with Crippen LogP contribution in [0.5, 0.6) is 0 Å². The third kappa shape index (κ3) is 5.58. The number of benzene rings is 3. The molecular weight excluding hydrogens is 388 g/mol. The lowest BCUT2D eigenvalue weighted by atomic mass is 10.1. The van der Waals surface area contributed by atoms with Crippen molar-refractivity contribution in [3.63, 3.8) is 0 Å². The Morgan fingerprint density at radius 1 is 0.862 bits per heavy atom. The molecule has 0 aliphatic carbocycles. The predicted octanol–water partition coefficient (Wildman–Crippen LogP) is 4.51. The van der Waals surface area contributed by atoms with E-state index < -0.39 is 0 Å². The molecule has 0 spiro atoms. The summed E-state index contributed by atoms with van der Waals surface area (Å²) < 4.78 is 0. The highest BCUT2D eigenvalue weighted by Gasteiger charge is 2.12. The summed E-state index contributed by atoms with van der Waals surface area (Å²) in [5.74, 6) is -0.578. The predicted molar refractivity (Wildman–Crippen MR) is 114 cm³/mol. The molecule has 0 unspecified atom stereocenters. The molecule has 0 atom stereocenters. The lowest BCUT2D eigenvalue weighted by molar-refractivity contribution is -0.114. The highest BCUT2D eigenvalue weighted by molar-refractivity contribution is 6.30. The van der Waals surface area contributed by atoms with E-state index in [4.69, 9.17) is 16.9 Å². The molecule has 0 saturated heterocycles. The van der Waals surface area contributed by atoms with Crippen LogP contribution in [0.2, 0.25) is 5.02 Å². The van der Waals surface area contributed by atoms with Crippen molar-refractivity contribution in [1.29, 1.82) is 5.26 Å². The molecule has 144 valence electrons. The van der Waals surface area contributed by atoms with Gasteiger partial charge in [0.05, 0.1) is 23.7 Å². The highest BCUT2D eigenvalue weighted by atomic mass is 35.5. The summed E-state index contributed by atoms with van der Waals surface area (Å²) in [7, 11) is 0. The van der Waals surface area contributed by atoms with E-state index in [9.17, 15) is 9.59 Å². The molecule has 2 amide bonds. The minimum absolute atomic E-state index is 0.0226. The zero-order valence-electron chi connectivity index (χ0n) is 15.3. The third-order valence-electron chi connectivity index (χ3n) is 4.01. The normalized spacial score (nSPS) is 9.93. The minimum Gasteiger partial charge on any atom is -0.376 e. The second-order valence-electron chi connectivity index (χ2n) is 6.10. The molecule has 0 bridgehead atoms. The summed E-state index contributed by atoms with van der Waals surface area (Å²) in [6, 6.07) is 22.3. The van der Waals surface area contributed by atoms with E-state index in [1.807, 2.05) is 6.07 Å². The standard InChI is InChI=1S/C22H17ClN4O2/c23-16-7-11-18(12-8-16)27-22(29)19-3-1-2-4-20(19)25-14-21(28)26-17-9-5-15(13-24)6-10-17/h1-12,25H,14H2,(H,26,28)(H,27,29). The van der Waals surface area contributed by atoms with Crippen LogP contribution in [0, 0.1) is 11.3 Å². The molecule has 3 aromatic rings. The number of nitrogens with zero attached hydrogens (tertiary/aromatic N) is 1. The molecule has 0 heterocycles. The largest absolute Gasteiger partial charge is 0.376 e. The number of carbonyl (C=O) groups excluding carboxylic acids is 2. The van der Waals surface area contributed by atoms with Crippen LogP contribution in [-0.2, 0) is 4.79 Å². The SMILES string of the molecule is N#Cc1ccc(NC(=O)CNc2ccccc2C(=O)Nc2ccc(Cl)cc2)cc1. The molecule has 29 heavy (non-hydrogen) atoms. The molecule has 0 fully saturated rings. The Morgan fingerprint density at radius 3 is 2.17 bits per heavy atom. The first-order valence-corrected chi connectivity index (χ1v) is 9.13. The quantitative estimate of drug-likeness (QED) is 0.563. The first-order valence-electron chi connectivity index (χ1n) is 8.75. The molecule has 0 aliphatic rings. The maximum atomic E-state index is 12.6. The topological polar surface area (TPSA) is 94.0 Å². The molecule has 6 nitrogen and oxygen atoms in total. The van der Waals surface area contributed by atoms with Crippen LogP contribution in [0.15, 0.2) is 72.8 Å². The van der Waals surface area contributed by atoms with Gasteiger partial charge in [0.2, 0.25) is 5.91 Å². The molecular formula is C22H17ClN4O2. The van der Waals surface area contributed by atoms with E-state index >= 15 is 0 Å². The van der Waals surface area contributed by atoms with Gasteiger partial charge in [0.1, 0.15) is 0 Å². The van der Waals surface area contributed by atoms with Gasteiger partial charge < -0.3 is 16.0 Å². The van der Waals surface area contributed by atoms with Gasteiger partial charge in [0, 0.05) is 22.1 Å². The Labute approximate surface area is 173 Å². The molecule has 0 saturated carbocycles. The zero-order chi connectivity index (χ0) is 20.6. The summed E-state index contributed by atoms with van der Waals surface area (Å²) in [6.07, 6.45) is 0. The number of halogens is 1. The van der Waals surface area contributed by atoms with E-state index in [0.717, 1.165) is 0 Å². The van der Waals surface area contributed by atoms with Crippen molar-refractivity contribution in [3.05, 3.63) is 88.9 Å². The highest BCUT2D eigenvalue weighted by Crippen LogP contribution is 2.19. The van der Waals surface area contributed by atoms with Crippen LogP contribution in [-0.4, -0.2) is 18.4 Å². The Hall–Kier alpha value is -3.82. The van der Waals surface area contributed by atoms with E-state index in [1.165, 1.54) is 0 Å². The molecule has 3 N–H and O–H groups in total. The number of anilines is 3. The maximum absolute atomic E-state index is 12.6. The van der Waals surface area contributed by atoms with Crippen LogP contribution in [0.25, 0.3) is 0 Å². The van der Waals surface area contributed by atoms with E-state index in [2.05, 4.69) is 16.0 Å². The number of hydrogen-bond acceptors (Lipinski definition) is 4. The summed E-state index contributed by atoms with van der Waals surface area (Å²) in [5.41, 5.74) is 2.67. The Kier molecular flexibility index (Phi) is 6.46. The van der Waals surface area contributed by atoms with Crippen LogP contribution in [0.3, 0.4) is 0 Å². The van der Waals surface area contributed by atoms with Gasteiger partial charge in [0.25, 0.3) is 5.91 Å². The Bertz CT molecular complexity index is 1060. The van der Waals surface area contributed by atoms with Gasteiger partial charge in [-0.15, -0.1) is 0 Å². The minimum atomic E-state index is -0.303. The summed E-state index contributed by atoms with van der Waals surface area (Å²) in [4.78, 5) is 24.8. The Morgan fingerprint density at radius 2 is 1.48 bits per heavy atom. The number of rotatable bonds is 6. The van der Waals surface area contributed by atoms with Crippen molar-refractivity contribution in [2.45, 2.75) is 0 Å². The van der Waals surface area contributed by atoms with Gasteiger partial charge in [-0.25, -0.2) is 0 Å². The van der Waals surface area contributed by atoms with Crippen molar-refractivity contribution in [3.8, 4) is 6.07 Å². The van der Waals surface area contributed by atoms with Crippen LogP contribution >= 0.6 is 11.6 Å². The second kappa shape index (κ2) is 9.40. The van der Waals surface area contributed by atoms with Gasteiger partial charge >= 0.3 is 0 Å². The first kappa shape index (κ1) is 19.9. The first-order chi connectivity index (χ1) is 14.0. The molecule has 0 aromatic heterocycles. The van der Waals surface area contributed by atoms with Crippen molar-refractivity contribution < 1.29 is 9.59 Å². The number of carbonyl (C=O) groups is 2. The average Bonchev–Trinajstić information content (AvgIpc) is 2.74. The van der Waals surface area contributed by atoms with E-state index in [-0.39, 0.29) is 18.4 Å². The van der Waals surface area contributed by atoms with Gasteiger partial charge in [-0.3, -0.25) is 9.59 Å². The van der Waals surface area contributed by atoms with Crippen molar-refractivity contribution in [2.75, 3.05) is 22.5 Å². The number of amides is 2. The van der Waals surface area contributed by atoms with E-state index in [0.29, 0.717) is 33.2 Å². The van der Waals surface area contributed by atoms with Crippen LogP contribution in [0.1, 0.15) is 15.9 Å². The fourth-order valence-electron chi connectivity index (χ4n) is 2.58. The fraction of sp³-hybridized carbons (Fsp3) is 0.0455. The lowest BCUT2D eigenvalue weighted by Crippen LogP contribution is -2.23. The zero-order valence-corrected chi connectivity index (χ0v) is 16.0. The summed E-state index contributed by atoms with van der Waals surface area (Å²) in [5, 5.41) is 17.9. The van der Waals surface area contributed by atoms with Crippen LogP contribution < -0.4 is 16.0 Å². The average molecular weight is 405 g/mol. The molecule has 7 heteroatoms. The number of para-hydroxylation sites is 1. The molecule has 0 aliphatic heterocycles. The van der Waals surface area contributed by atoms with Crippen molar-refractivity contribution in [1.82, 2.24) is 0 Å². The maximum Gasteiger partial charge on any atom is 0.257 e. The lowest BCUT2D eigenvalue weighted by Gasteiger charge is -2.12. The molecule has 3 rings (SSSR count). The van der Waals surface area contributed by atoms with Gasteiger partial charge in [-0.05, 0) is 60.7 Å². The summed E-state index contributed by atoms with van der Waals surface area (Å²) >= 11 is 5.86. The van der Waals surface area contributed by atoms with Gasteiger partial charge in [0.15, 0.2) is 0 Å². The van der Waals surface area contributed by atoms with Crippen LogP contribution in [0.4, 0.5) is 17.1 Å². The molecule has 3 aromatic carbocycles. The van der Waals surface area contributed by atoms with Gasteiger partial charge in [-0.2, -0.15) is 5.26 Å². The smallest absolute Gasteiger partial charge is 0.257 e. The van der Waals surface area contributed by atoms with Crippen molar-refractivity contribution >= 4 is 40.5 Å². The third-order valence-corrected chi connectivity index (χ3v) is 4.26. The van der Waals surface area contributed by atoms with Gasteiger partial charge in [-0.1, -0.05) is 23.7 Å². The fourth-order valence-corrected chi connectivity index (χ4v) is 2.70. The number of nitriles is 1. The van der Waals surface area contributed by atoms with Crippen molar-refractivity contribution in [2.24, 2.45) is 0 Å².